The minimum absolute atomic E-state index is 0.0137. The van der Waals surface area contributed by atoms with Crippen molar-refractivity contribution < 1.29 is 14.7 Å². The number of likely N-dealkylation sites (tertiary alicyclic amines) is 1. The highest BCUT2D eigenvalue weighted by Crippen LogP contribution is 2.25. The first-order valence-electron chi connectivity index (χ1n) is 5.56. The topological polar surface area (TPSA) is 70.5 Å². The standard InChI is InChI=1S/C12H14N2O3/c1-8-5-7-14(10(8)12(16)17)11(15)9-4-2-3-6-13-9/h2-4,6,8,10H,5,7H2,1H3,(H,16,17). The molecule has 0 bridgehead atoms. The zero-order chi connectivity index (χ0) is 12.4. The molecule has 5 heteroatoms. The van der Waals surface area contributed by atoms with E-state index in [0.717, 1.165) is 6.42 Å². The highest BCUT2D eigenvalue weighted by molar-refractivity contribution is 5.95. The maximum absolute atomic E-state index is 12.1. The summed E-state index contributed by atoms with van der Waals surface area (Å²) in [6.07, 6.45) is 2.25. The van der Waals surface area contributed by atoms with Gasteiger partial charge in [0.15, 0.2) is 0 Å². The molecule has 1 saturated heterocycles. The van der Waals surface area contributed by atoms with E-state index in [1.54, 1.807) is 18.2 Å². The zero-order valence-corrected chi connectivity index (χ0v) is 9.54. The average molecular weight is 234 g/mol. The molecule has 0 aromatic carbocycles. The molecule has 0 radical (unpaired) electrons. The first-order valence-corrected chi connectivity index (χ1v) is 5.56. The summed E-state index contributed by atoms with van der Waals surface area (Å²) in [6, 6.07) is 4.31. The molecule has 1 aromatic heterocycles. The lowest BCUT2D eigenvalue weighted by atomic mass is 10.0. The van der Waals surface area contributed by atoms with Crippen molar-refractivity contribution >= 4 is 11.9 Å². The van der Waals surface area contributed by atoms with Gasteiger partial charge >= 0.3 is 5.97 Å². The minimum Gasteiger partial charge on any atom is -0.480 e. The number of amides is 1. The van der Waals surface area contributed by atoms with Crippen LogP contribution in [0, 0.1) is 5.92 Å². The SMILES string of the molecule is CC1CCN(C(=O)c2ccccn2)C1C(=O)O. The summed E-state index contributed by atoms with van der Waals surface area (Å²) in [5, 5.41) is 9.14. The average Bonchev–Trinajstić information content (AvgIpc) is 2.71. The van der Waals surface area contributed by atoms with Crippen LogP contribution >= 0.6 is 0 Å². The molecule has 0 saturated carbocycles. The second-order valence-corrected chi connectivity index (χ2v) is 4.26. The van der Waals surface area contributed by atoms with Crippen LogP contribution in [-0.4, -0.2) is 39.5 Å². The first kappa shape index (κ1) is 11.6. The minimum atomic E-state index is -0.945. The van der Waals surface area contributed by atoms with Crippen LogP contribution in [0.15, 0.2) is 24.4 Å². The van der Waals surface area contributed by atoms with Crippen LogP contribution in [0.3, 0.4) is 0 Å². The van der Waals surface area contributed by atoms with Gasteiger partial charge in [-0.25, -0.2) is 4.79 Å². The van der Waals surface area contributed by atoms with Gasteiger partial charge in [0.25, 0.3) is 5.91 Å². The fourth-order valence-electron chi connectivity index (χ4n) is 2.19. The molecule has 1 fully saturated rings. The third-order valence-electron chi connectivity index (χ3n) is 3.10. The summed E-state index contributed by atoms with van der Waals surface area (Å²) in [4.78, 5) is 28.6. The van der Waals surface area contributed by atoms with Gasteiger partial charge in [-0.05, 0) is 24.5 Å². The van der Waals surface area contributed by atoms with E-state index in [9.17, 15) is 9.59 Å². The molecular formula is C12H14N2O3. The van der Waals surface area contributed by atoms with E-state index in [1.165, 1.54) is 11.1 Å². The summed E-state index contributed by atoms with van der Waals surface area (Å²) in [7, 11) is 0. The number of rotatable bonds is 2. The van der Waals surface area contributed by atoms with Gasteiger partial charge in [-0.15, -0.1) is 0 Å². The van der Waals surface area contributed by atoms with Crippen molar-refractivity contribution in [2.75, 3.05) is 6.54 Å². The van der Waals surface area contributed by atoms with Gasteiger partial charge in [0.1, 0.15) is 11.7 Å². The van der Waals surface area contributed by atoms with Gasteiger partial charge in [0.05, 0.1) is 0 Å². The van der Waals surface area contributed by atoms with Crippen LogP contribution in [0.2, 0.25) is 0 Å². The van der Waals surface area contributed by atoms with Gasteiger partial charge < -0.3 is 10.0 Å². The van der Waals surface area contributed by atoms with Crippen molar-refractivity contribution in [2.24, 2.45) is 5.92 Å². The molecule has 2 heterocycles. The zero-order valence-electron chi connectivity index (χ0n) is 9.54. The van der Waals surface area contributed by atoms with E-state index in [-0.39, 0.29) is 11.8 Å². The van der Waals surface area contributed by atoms with Crippen LogP contribution in [0.1, 0.15) is 23.8 Å². The Morgan fingerprint density at radius 3 is 2.82 bits per heavy atom. The van der Waals surface area contributed by atoms with E-state index in [1.807, 2.05) is 6.92 Å². The van der Waals surface area contributed by atoms with Crippen LogP contribution in [0.25, 0.3) is 0 Å². The lowest BCUT2D eigenvalue weighted by Crippen LogP contribution is -2.43. The molecule has 1 aliphatic rings. The fraction of sp³-hybridized carbons (Fsp3) is 0.417. The molecule has 0 spiro atoms. The van der Waals surface area contributed by atoms with E-state index >= 15 is 0 Å². The lowest BCUT2D eigenvalue weighted by Gasteiger charge is -2.22. The number of hydrogen-bond donors (Lipinski definition) is 1. The second kappa shape index (κ2) is 4.53. The fourth-order valence-corrected chi connectivity index (χ4v) is 2.19. The summed E-state index contributed by atoms with van der Waals surface area (Å²) in [5.74, 6) is -1.26. The maximum atomic E-state index is 12.1. The van der Waals surface area contributed by atoms with Gasteiger partial charge in [0.2, 0.25) is 0 Å². The third kappa shape index (κ3) is 2.13. The number of aliphatic carboxylic acids is 1. The molecule has 2 atom stereocenters. The largest absolute Gasteiger partial charge is 0.480 e. The molecule has 1 aromatic rings. The summed E-state index contributed by atoms with van der Waals surface area (Å²) < 4.78 is 0. The van der Waals surface area contributed by atoms with E-state index in [0.29, 0.717) is 12.2 Å². The molecule has 1 amide bonds. The second-order valence-electron chi connectivity index (χ2n) is 4.26. The normalized spacial score (nSPS) is 23.7. The number of pyridine rings is 1. The smallest absolute Gasteiger partial charge is 0.326 e. The third-order valence-corrected chi connectivity index (χ3v) is 3.10. The Bertz CT molecular complexity index is 433. The maximum Gasteiger partial charge on any atom is 0.326 e. The molecule has 90 valence electrons. The van der Waals surface area contributed by atoms with E-state index < -0.39 is 12.0 Å². The van der Waals surface area contributed by atoms with Crippen molar-refractivity contribution in [3.05, 3.63) is 30.1 Å². The Labute approximate surface area is 99.1 Å². The molecule has 2 rings (SSSR count). The van der Waals surface area contributed by atoms with Gasteiger partial charge in [0, 0.05) is 12.7 Å². The predicted molar refractivity (Wildman–Crippen MR) is 60.5 cm³/mol. The Morgan fingerprint density at radius 2 is 2.24 bits per heavy atom. The summed E-state index contributed by atoms with van der Waals surface area (Å²) >= 11 is 0. The number of nitrogens with zero attached hydrogens (tertiary/aromatic N) is 2. The van der Waals surface area contributed by atoms with Crippen LogP contribution < -0.4 is 0 Å². The van der Waals surface area contributed by atoms with Crippen molar-refractivity contribution in [1.82, 2.24) is 9.88 Å². The molecule has 1 N–H and O–H groups in total. The quantitative estimate of drug-likeness (QED) is 0.829. The van der Waals surface area contributed by atoms with Crippen molar-refractivity contribution in [3.8, 4) is 0 Å². The molecular weight excluding hydrogens is 220 g/mol. The molecule has 17 heavy (non-hydrogen) atoms. The Kier molecular flexibility index (Phi) is 3.08. The van der Waals surface area contributed by atoms with Crippen molar-refractivity contribution in [3.63, 3.8) is 0 Å². The molecule has 1 aliphatic heterocycles. The van der Waals surface area contributed by atoms with E-state index in [2.05, 4.69) is 4.98 Å². The number of carbonyl (C=O) groups excluding carboxylic acids is 1. The van der Waals surface area contributed by atoms with Gasteiger partial charge in [-0.2, -0.15) is 0 Å². The van der Waals surface area contributed by atoms with Crippen LogP contribution in [0.5, 0.6) is 0 Å². The summed E-state index contributed by atoms with van der Waals surface area (Å²) in [6.45, 7) is 2.33. The highest BCUT2D eigenvalue weighted by atomic mass is 16.4. The molecule has 2 unspecified atom stereocenters. The summed E-state index contributed by atoms with van der Waals surface area (Å²) in [5.41, 5.74) is 0.299. The Morgan fingerprint density at radius 1 is 1.47 bits per heavy atom. The number of carboxylic acids is 1. The molecule has 0 aliphatic carbocycles. The van der Waals surface area contributed by atoms with Gasteiger partial charge in [-0.1, -0.05) is 13.0 Å². The van der Waals surface area contributed by atoms with Crippen molar-refractivity contribution in [2.45, 2.75) is 19.4 Å². The van der Waals surface area contributed by atoms with Crippen LogP contribution in [0.4, 0.5) is 0 Å². The van der Waals surface area contributed by atoms with Crippen LogP contribution in [-0.2, 0) is 4.79 Å². The van der Waals surface area contributed by atoms with Crippen molar-refractivity contribution in [1.29, 1.82) is 0 Å². The van der Waals surface area contributed by atoms with Gasteiger partial charge in [-0.3, -0.25) is 9.78 Å². The first-order chi connectivity index (χ1) is 8.11. The molecule has 5 nitrogen and oxygen atoms in total. The number of aromatic nitrogens is 1. The Balaban J connectivity index is 2.23. The lowest BCUT2D eigenvalue weighted by molar-refractivity contribution is -0.142. The number of carboxylic acid groups (broad SMARTS) is 1. The number of hydrogen-bond acceptors (Lipinski definition) is 3. The number of carbonyl (C=O) groups is 2. The predicted octanol–water partition coefficient (Wildman–Crippen LogP) is 1.02. The highest BCUT2D eigenvalue weighted by Gasteiger charge is 2.39. The monoisotopic (exact) mass is 234 g/mol. The Hall–Kier alpha value is -1.91. The van der Waals surface area contributed by atoms with E-state index in [4.69, 9.17) is 5.11 Å².